The third-order valence-electron chi connectivity index (χ3n) is 5.32. The Morgan fingerprint density at radius 1 is 1.04 bits per heavy atom. The number of carbonyl (C=O) groups is 1. The van der Waals surface area contributed by atoms with Gasteiger partial charge in [-0.15, -0.1) is 0 Å². The van der Waals surface area contributed by atoms with Crippen LogP contribution in [0.3, 0.4) is 0 Å². The first-order chi connectivity index (χ1) is 13.5. The van der Waals surface area contributed by atoms with E-state index >= 15 is 0 Å². The second-order valence-corrected chi connectivity index (χ2v) is 7.12. The number of methoxy groups -OCH3 is 2. The molecule has 1 heterocycles. The van der Waals surface area contributed by atoms with Crippen molar-refractivity contribution in [2.24, 2.45) is 5.92 Å². The highest BCUT2D eigenvalue weighted by atomic mass is 19.1. The summed E-state index contributed by atoms with van der Waals surface area (Å²) >= 11 is 0. The third-order valence-corrected chi connectivity index (χ3v) is 5.32. The minimum atomic E-state index is -0.806. The number of hydrogen-bond acceptors (Lipinski definition) is 3. The van der Waals surface area contributed by atoms with Crippen LogP contribution < -0.4 is 9.47 Å². The van der Waals surface area contributed by atoms with E-state index in [0.717, 1.165) is 54.9 Å². The van der Waals surface area contributed by atoms with Crippen LogP contribution in [0.25, 0.3) is 0 Å². The number of rotatable bonds is 6. The van der Waals surface area contributed by atoms with E-state index in [1.165, 1.54) is 6.07 Å². The van der Waals surface area contributed by atoms with E-state index in [2.05, 4.69) is 0 Å². The van der Waals surface area contributed by atoms with Gasteiger partial charge < -0.3 is 14.4 Å². The van der Waals surface area contributed by atoms with Gasteiger partial charge in [0.15, 0.2) is 0 Å². The average molecular weight is 389 g/mol. The molecule has 2 aromatic carbocycles. The average Bonchev–Trinajstić information content (AvgIpc) is 2.72. The summed E-state index contributed by atoms with van der Waals surface area (Å²) in [6.07, 6.45) is 3.65. The maximum atomic E-state index is 13.9. The van der Waals surface area contributed by atoms with Gasteiger partial charge >= 0.3 is 0 Å². The Labute approximate surface area is 164 Å². The van der Waals surface area contributed by atoms with Crippen LogP contribution >= 0.6 is 0 Å². The van der Waals surface area contributed by atoms with Crippen LogP contribution in [0.5, 0.6) is 11.5 Å². The zero-order chi connectivity index (χ0) is 20.1. The monoisotopic (exact) mass is 389 g/mol. The molecule has 0 bridgehead atoms. The summed E-state index contributed by atoms with van der Waals surface area (Å²) in [5.74, 6) is 0.195. The minimum Gasteiger partial charge on any atom is -0.497 e. The molecule has 1 amide bonds. The van der Waals surface area contributed by atoms with Crippen molar-refractivity contribution < 1.29 is 23.0 Å². The van der Waals surface area contributed by atoms with E-state index in [0.29, 0.717) is 19.0 Å². The van der Waals surface area contributed by atoms with E-state index in [4.69, 9.17) is 9.47 Å². The lowest BCUT2D eigenvalue weighted by Crippen LogP contribution is -2.39. The smallest absolute Gasteiger partial charge is 0.256 e. The molecule has 0 unspecified atom stereocenters. The van der Waals surface area contributed by atoms with Crippen LogP contribution in [-0.2, 0) is 6.42 Å². The van der Waals surface area contributed by atoms with Crippen LogP contribution in [0.4, 0.5) is 8.78 Å². The lowest BCUT2D eigenvalue weighted by molar-refractivity contribution is 0.0682. The van der Waals surface area contributed by atoms with E-state index < -0.39 is 11.6 Å². The van der Waals surface area contributed by atoms with Crippen molar-refractivity contribution >= 4 is 5.91 Å². The number of likely N-dealkylation sites (tertiary alicyclic amines) is 1. The van der Waals surface area contributed by atoms with Gasteiger partial charge in [0.05, 0.1) is 19.8 Å². The van der Waals surface area contributed by atoms with Gasteiger partial charge in [-0.3, -0.25) is 4.79 Å². The summed E-state index contributed by atoms with van der Waals surface area (Å²) in [4.78, 5) is 14.1. The highest BCUT2D eigenvalue weighted by Crippen LogP contribution is 2.27. The lowest BCUT2D eigenvalue weighted by Gasteiger charge is -2.32. The molecular weight excluding hydrogens is 364 g/mol. The summed E-state index contributed by atoms with van der Waals surface area (Å²) < 4.78 is 37.5. The Kier molecular flexibility index (Phi) is 6.49. The summed E-state index contributed by atoms with van der Waals surface area (Å²) in [5.41, 5.74) is 1.09. The molecule has 6 heteroatoms. The Morgan fingerprint density at radius 2 is 1.68 bits per heavy atom. The molecule has 3 rings (SSSR count). The Bertz CT molecular complexity index is 810. The van der Waals surface area contributed by atoms with Crippen molar-refractivity contribution in [3.8, 4) is 11.5 Å². The number of benzene rings is 2. The maximum Gasteiger partial charge on any atom is 0.256 e. The van der Waals surface area contributed by atoms with Crippen LogP contribution in [0, 0.1) is 17.6 Å². The molecule has 1 fully saturated rings. The van der Waals surface area contributed by atoms with Gasteiger partial charge in [-0.25, -0.2) is 8.78 Å². The second-order valence-electron chi connectivity index (χ2n) is 7.12. The zero-order valence-electron chi connectivity index (χ0n) is 16.2. The van der Waals surface area contributed by atoms with E-state index in [9.17, 15) is 13.6 Å². The summed E-state index contributed by atoms with van der Waals surface area (Å²) in [7, 11) is 3.27. The fourth-order valence-corrected chi connectivity index (χ4v) is 3.64. The number of nitrogens with zero attached hydrogens (tertiary/aromatic N) is 1. The quantitative estimate of drug-likeness (QED) is 0.732. The fourth-order valence-electron chi connectivity index (χ4n) is 3.64. The summed E-state index contributed by atoms with van der Waals surface area (Å²) in [6, 6.07) is 8.96. The number of halogens is 2. The van der Waals surface area contributed by atoms with Crippen LogP contribution in [-0.4, -0.2) is 38.1 Å². The number of ether oxygens (including phenoxy) is 2. The molecule has 1 aliphatic heterocycles. The standard InChI is InChI=1S/C22H25F2NO3/c1-27-18-11-16(12-19(14-18)28-2)4-3-15-7-9-25(10-8-15)22(26)20-6-5-17(23)13-21(20)24/h5-6,11-15H,3-4,7-10H2,1-2H3. The topological polar surface area (TPSA) is 38.8 Å². The first-order valence-corrected chi connectivity index (χ1v) is 9.46. The second kappa shape index (κ2) is 9.04. The van der Waals surface area contributed by atoms with Gasteiger partial charge in [-0.1, -0.05) is 0 Å². The molecule has 2 aromatic rings. The minimum absolute atomic E-state index is 0.0664. The number of piperidine rings is 1. The van der Waals surface area contributed by atoms with Crippen LogP contribution in [0.2, 0.25) is 0 Å². The maximum absolute atomic E-state index is 13.9. The number of hydrogen-bond donors (Lipinski definition) is 0. The van der Waals surface area contributed by atoms with Gasteiger partial charge in [0.25, 0.3) is 5.91 Å². The molecule has 0 atom stereocenters. The Balaban J connectivity index is 1.54. The molecule has 150 valence electrons. The lowest BCUT2D eigenvalue weighted by atomic mass is 9.90. The molecule has 0 spiro atoms. The summed E-state index contributed by atoms with van der Waals surface area (Å²) in [5, 5.41) is 0. The molecule has 0 aliphatic carbocycles. The van der Waals surface area contributed by atoms with Gasteiger partial charge in [0.1, 0.15) is 23.1 Å². The van der Waals surface area contributed by atoms with Crippen molar-refractivity contribution in [2.75, 3.05) is 27.3 Å². The molecule has 4 nitrogen and oxygen atoms in total. The number of aryl methyl sites for hydroxylation is 1. The molecule has 0 radical (unpaired) electrons. The highest BCUT2D eigenvalue weighted by Gasteiger charge is 2.25. The van der Waals surface area contributed by atoms with Crippen LogP contribution in [0.15, 0.2) is 36.4 Å². The zero-order valence-corrected chi connectivity index (χ0v) is 16.2. The first kappa shape index (κ1) is 20.1. The van der Waals surface area contributed by atoms with Crippen molar-refractivity contribution in [1.82, 2.24) is 4.90 Å². The largest absolute Gasteiger partial charge is 0.497 e. The van der Waals surface area contributed by atoms with Crippen molar-refractivity contribution in [2.45, 2.75) is 25.7 Å². The van der Waals surface area contributed by atoms with E-state index in [1.54, 1.807) is 19.1 Å². The van der Waals surface area contributed by atoms with E-state index in [-0.39, 0.29) is 11.5 Å². The van der Waals surface area contributed by atoms with Crippen LogP contribution in [0.1, 0.15) is 35.2 Å². The molecule has 0 N–H and O–H groups in total. The Morgan fingerprint density at radius 3 is 2.25 bits per heavy atom. The molecule has 0 aromatic heterocycles. The predicted octanol–water partition coefficient (Wildman–Crippen LogP) is 4.47. The molecule has 1 aliphatic rings. The molecule has 0 saturated carbocycles. The fraction of sp³-hybridized carbons (Fsp3) is 0.409. The van der Waals surface area contributed by atoms with Crippen molar-refractivity contribution in [1.29, 1.82) is 0 Å². The van der Waals surface area contributed by atoms with Gasteiger partial charge in [0, 0.05) is 25.2 Å². The molecule has 1 saturated heterocycles. The third kappa shape index (κ3) is 4.80. The van der Waals surface area contributed by atoms with Gasteiger partial charge in [0.2, 0.25) is 0 Å². The normalized spacial score (nSPS) is 14.8. The Hall–Kier alpha value is -2.63. The van der Waals surface area contributed by atoms with Crippen molar-refractivity contribution in [3.63, 3.8) is 0 Å². The highest BCUT2D eigenvalue weighted by molar-refractivity contribution is 5.94. The molecular formula is C22H25F2NO3. The summed E-state index contributed by atoms with van der Waals surface area (Å²) in [6.45, 7) is 1.17. The van der Waals surface area contributed by atoms with Gasteiger partial charge in [-0.2, -0.15) is 0 Å². The molecule has 28 heavy (non-hydrogen) atoms. The predicted molar refractivity (Wildman–Crippen MR) is 103 cm³/mol. The number of carbonyl (C=O) groups excluding carboxylic acids is 1. The van der Waals surface area contributed by atoms with Crippen molar-refractivity contribution in [3.05, 3.63) is 59.2 Å². The van der Waals surface area contributed by atoms with Gasteiger partial charge in [-0.05, 0) is 61.4 Å². The van der Waals surface area contributed by atoms with E-state index in [1.807, 2.05) is 18.2 Å². The number of amides is 1. The SMILES string of the molecule is COc1cc(CCC2CCN(C(=O)c3ccc(F)cc3F)CC2)cc(OC)c1. The first-order valence-electron chi connectivity index (χ1n) is 9.46.